The van der Waals surface area contributed by atoms with E-state index in [0.29, 0.717) is 25.3 Å². The average molecular weight is 312 g/mol. The zero-order valence-corrected chi connectivity index (χ0v) is 13.0. The molecule has 1 atom stereocenters. The van der Waals surface area contributed by atoms with E-state index in [9.17, 15) is 13.2 Å². The molecule has 0 aromatic heterocycles. The van der Waals surface area contributed by atoms with E-state index in [2.05, 4.69) is 5.32 Å². The van der Waals surface area contributed by atoms with Gasteiger partial charge in [0.25, 0.3) is 0 Å². The predicted molar refractivity (Wildman–Crippen MR) is 81.5 cm³/mol. The standard InChI is InChI=1S/C14H20N2O4S/c1-3-20-12-6-4-11(5-7-12)15-14(17)16-9-8-13(10-16)21(2,18)19/h4-7,13H,3,8-10H2,1-2H3,(H,15,17). The highest BCUT2D eigenvalue weighted by molar-refractivity contribution is 7.91. The van der Waals surface area contributed by atoms with Crippen LogP contribution in [0.25, 0.3) is 0 Å². The van der Waals surface area contributed by atoms with Crippen LogP contribution in [0.3, 0.4) is 0 Å². The van der Waals surface area contributed by atoms with Gasteiger partial charge in [-0.1, -0.05) is 0 Å². The van der Waals surface area contributed by atoms with Gasteiger partial charge in [-0.25, -0.2) is 13.2 Å². The topological polar surface area (TPSA) is 75.7 Å². The molecule has 1 unspecified atom stereocenters. The molecule has 1 fully saturated rings. The number of ether oxygens (including phenoxy) is 1. The molecule has 0 bridgehead atoms. The van der Waals surface area contributed by atoms with Crippen LogP contribution in [0.2, 0.25) is 0 Å². The first-order valence-electron chi connectivity index (χ1n) is 6.88. The molecule has 116 valence electrons. The summed E-state index contributed by atoms with van der Waals surface area (Å²) in [7, 11) is -3.09. The summed E-state index contributed by atoms with van der Waals surface area (Å²) in [5, 5.41) is 2.31. The van der Waals surface area contributed by atoms with Crippen LogP contribution in [-0.2, 0) is 9.84 Å². The molecule has 0 radical (unpaired) electrons. The number of hydrogen-bond acceptors (Lipinski definition) is 4. The summed E-state index contributed by atoms with van der Waals surface area (Å²) in [6, 6.07) is 6.80. The number of nitrogens with zero attached hydrogens (tertiary/aromatic N) is 1. The van der Waals surface area contributed by atoms with Gasteiger partial charge in [0.2, 0.25) is 0 Å². The number of carbonyl (C=O) groups excluding carboxylic acids is 1. The van der Waals surface area contributed by atoms with E-state index in [1.165, 1.54) is 11.2 Å². The van der Waals surface area contributed by atoms with Crippen LogP contribution in [0, 0.1) is 0 Å². The summed E-state index contributed by atoms with van der Waals surface area (Å²) in [6.07, 6.45) is 1.71. The molecule has 1 heterocycles. The van der Waals surface area contributed by atoms with Crippen molar-refractivity contribution in [2.75, 3.05) is 31.3 Å². The van der Waals surface area contributed by atoms with Crippen molar-refractivity contribution in [1.29, 1.82) is 0 Å². The largest absolute Gasteiger partial charge is 0.494 e. The lowest BCUT2D eigenvalue weighted by atomic mass is 10.3. The highest BCUT2D eigenvalue weighted by atomic mass is 32.2. The van der Waals surface area contributed by atoms with Crippen LogP contribution in [0.15, 0.2) is 24.3 Å². The fraction of sp³-hybridized carbons (Fsp3) is 0.500. The minimum Gasteiger partial charge on any atom is -0.494 e. The summed E-state index contributed by atoms with van der Waals surface area (Å²) >= 11 is 0. The molecule has 2 amide bonds. The normalized spacial score (nSPS) is 18.6. The molecule has 1 aliphatic heterocycles. The molecule has 0 spiro atoms. The maximum absolute atomic E-state index is 12.1. The van der Waals surface area contributed by atoms with Crippen molar-refractivity contribution >= 4 is 21.6 Å². The fourth-order valence-electron chi connectivity index (χ4n) is 2.27. The van der Waals surface area contributed by atoms with Gasteiger partial charge in [0.05, 0.1) is 11.9 Å². The van der Waals surface area contributed by atoms with Gasteiger partial charge in [-0.15, -0.1) is 0 Å². The minimum atomic E-state index is -3.09. The number of hydrogen-bond donors (Lipinski definition) is 1. The Labute approximate surface area is 125 Å². The van der Waals surface area contributed by atoms with Crippen LogP contribution >= 0.6 is 0 Å². The zero-order chi connectivity index (χ0) is 15.5. The number of likely N-dealkylation sites (tertiary alicyclic amines) is 1. The number of sulfone groups is 1. The van der Waals surface area contributed by atoms with Gasteiger partial charge in [0, 0.05) is 25.0 Å². The lowest BCUT2D eigenvalue weighted by Crippen LogP contribution is -2.34. The molecule has 1 N–H and O–H groups in total. The number of urea groups is 1. The first-order chi connectivity index (χ1) is 9.90. The average Bonchev–Trinajstić information content (AvgIpc) is 2.91. The Bertz CT molecular complexity index is 598. The third kappa shape index (κ3) is 4.10. The van der Waals surface area contributed by atoms with Crippen LogP contribution in [-0.4, -0.2) is 50.6 Å². The van der Waals surface area contributed by atoms with Crippen molar-refractivity contribution in [2.45, 2.75) is 18.6 Å². The van der Waals surface area contributed by atoms with Gasteiger partial charge in [0.1, 0.15) is 5.75 Å². The van der Waals surface area contributed by atoms with Crippen molar-refractivity contribution in [3.05, 3.63) is 24.3 Å². The maximum atomic E-state index is 12.1. The summed E-state index contributed by atoms with van der Waals surface area (Å²) < 4.78 is 28.3. The van der Waals surface area contributed by atoms with E-state index in [0.717, 1.165) is 5.75 Å². The van der Waals surface area contributed by atoms with Crippen molar-refractivity contribution < 1.29 is 17.9 Å². The van der Waals surface area contributed by atoms with E-state index in [-0.39, 0.29) is 12.6 Å². The second-order valence-corrected chi connectivity index (χ2v) is 7.40. The number of carbonyl (C=O) groups is 1. The molecule has 0 saturated carbocycles. The summed E-state index contributed by atoms with van der Waals surface area (Å²) in [5.74, 6) is 0.744. The molecular weight excluding hydrogens is 292 g/mol. The molecule has 1 aliphatic rings. The first-order valence-corrected chi connectivity index (χ1v) is 8.83. The van der Waals surface area contributed by atoms with Gasteiger partial charge < -0.3 is 15.0 Å². The monoisotopic (exact) mass is 312 g/mol. The second kappa shape index (κ2) is 6.34. The quantitative estimate of drug-likeness (QED) is 0.919. The molecule has 1 saturated heterocycles. The molecular formula is C14H20N2O4S. The number of anilines is 1. The van der Waals surface area contributed by atoms with Crippen LogP contribution in [0.4, 0.5) is 10.5 Å². The molecule has 21 heavy (non-hydrogen) atoms. The number of rotatable bonds is 4. The molecule has 7 heteroatoms. The van der Waals surface area contributed by atoms with E-state index in [1.54, 1.807) is 24.3 Å². The fourth-order valence-corrected chi connectivity index (χ4v) is 3.25. The van der Waals surface area contributed by atoms with Crippen molar-refractivity contribution in [1.82, 2.24) is 4.90 Å². The summed E-state index contributed by atoms with van der Waals surface area (Å²) in [5.41, 5.74) is 0.659. The minimum absolute atomic E-state index is 0.252. The number of benzene rings is 1. The highest BCUT2D eigenvalue weighted by Crippen LogP contribution is 2.19. The van der Waals surface area contributed by atoms with Crippen molar-refractivity contribution in [3.8, 4) is 5.75 Å². The second-order valence-electron chi connectivity index (χ2n) is 5.07. The molecule has 6 nitrogen and oxygen atoms in total. The van der Waals surface area contributed by atoms with E-state index in [4.69, 9.17) is 4.74 Å². The van der Waals surface area contributed by atoms with Crippen molar-refractivity contribution in [3.63, 3.8) is 0 Å². The van der Waals surface area contributed by atoms with Gasteiger partial charge in [-0.2, -0.15) is 0 Å². The third-order valence-corrected chi connectivity index (χ3v) is 5.05. The van der Waals surface area contributed by atoms with Gasteiger partial charge in [-0.3, -0.25) is 0 Å². The Kier molecular flexibility index (Phi) is 4.72. The summed E-state index contributed by atoms with van der Waals surface area (Å²) in [6.45, 7) is 3.20. The lowest BCUT2D eigenvalue weighted by molar-refractivity contribution is 0.222. The Hall–Kier alpha value is -1.76. The summed E-state index contributed by atoms with van der Waals surface area (Å²) in [4.78, 5) is 13.6. The van der Waals surface area contributed by atoms with Gasteiger partial charge in [0.15, 0.2) is 9.84 Å². The Morgan fingerprint density at radius 3 is 2.57 bits per heavy atom. The highest BCUT2D eigenvalue weighted by Gasteiger charge is 2.32. The molecule has 1 aromatic carbocycles. The van der Waals surface area contributed by atoms with E-state index >= 15 is 0 Å². The third-order valence-electron chi connectivity index (χ3n) is 3.45. The lowest BCUT2D eigenvalue weighted by Gasteiger charge is -2.17. The molecule has 1 aromatic rings. The smallest absolute Gasteiger partial charge is 0.321 e. The van der Waals surface area contributed by atoms with Crippen LogP contribution in [0.1, 0.15) is 13.3 Å². The number of amides is 2. The van der Waals surface area contributed by atoms with Crippen LogP contribution < -0.4 is 10.1 Å². The SMILES string of the molecule is CCOc1ccc(NC(=O)N2CCC(S(C)(=O)=O)C2)cc1. The van der Waals surface area contributed by atoms with Gasteiger partial charge >= 0.3 is 6.03 Å². The van der Waals surface area contributed by atoms with Crippen LogP contribution in [0.5, 0.6) is 5.75 Å². The van der Waals surface area contributed by atoms with E-state index in [1.807, 2.05) is 6.92 Å². The molecule has 0 aliphatic carbocycles. The van der Waals surface area contributed by atoms with Crippen molar-refractivity contribution in [2.24, 2.45) is 0 Å². The Morgan fingerprint density at radius 1 is 1.38 bits per heavy atom. The maximum Gasteiger partial charge on any atom is 0.321 e. The Morgan fingerprint density at radius 2 is 2.05 bits per heavy atom. The van der Waals surface area contributed by atoms with E-state index < -0.39 is 15.1 Å². The Balaban J connectivity index is 1.93. The predicted octanol–water partition coefficient (Wildman–Crippen LogP) is 1.74. The first kappa shape index (κ1) is 15.6. The van der Waals surface area contributed by atoms with Gasteiger partial charge in [-0.05, 0) is 37.6 Å². The molecule has 2 rings (SSSR count). The zero-order valence-electron chi connectivity index (χ0n) is 12.2. The number of nitrogens with one attached hydrogen (secondary N) is 1.